The number of carbonyl (C=O) groups is 2. The van der Waals surface area contributed by atoms with Crippen molar-refractivity contribution < 1.29 is 14.7 Å². The van der Waals surface area contributed by atoms with Gasteiger partial charge in [-0.1, -0.05) is 6.92 Å². The van der Waals surface area contributed by atoms with Crippen LogP contribution in [0.25, 0.3) is 0 Å². The summed E-state index contributed by atoms with van der Waals surface area (Å²) in [7, 11) is 0. The molecule has 1 aliphatic heterocycles. The van der Waals surface area contributed by atoms with E-state index in [-0.39, 0.29) is 18.2 Å². The second-order valence-corrected chi connectivity index (χ2v) is 4.38. The number of nitrogens with two attached hydrogens (primary N) is 1. The molecule has 0 saturated carbocycles. The Hall–Kier alpha value is -1.10. The molecule has 0 aromatic rings. The van der Waals surface area contributed by atoms with Crippen LogP contribution in [0.1, 0.15) is 32.6 Å². The third-order valence-corrected chi connectivity index (χ3v) is 3.15. The number of nitrogens with zero attached hydrogens (tertiary/aromatic N) is 1. The number of carbonyl (C=O) groups excluding carboxylic acids is 1. The molecule has 0 aliphatic carbocycles. The Morgan fingerprint density at radius 1 is 1.44 bits per heavy atom. The van der Waals surface area contributed by atoms with Gasteiger partial charge in [0.1, 0.15) is 0 Å². The number of rotatable bonds is 4. The van der Waals surface area contributed by atoms with Crippen LogP contribution in [0.15, 0.2) is 0 Å². The molecule has 1 heterocycles. The molecule has 1 saturated heterocycles. The quantitative estimate of drug-likeness (QED) is 0.731. The van der Waals surface area contributed by atoms with Gasteiger partial charge in [-0.15, -0.1) is 0 Å². The van der Waals surface area contributed by atoms with Gasteiger partial charge in [0.05, 0.1) is 6.04 Å². The summed E-state index contributed by atoms with van der Waals surface area (Å²) < 4.78 is 0. The van der Waals surface area contributed by atoms with Crippen LogP contribution < -0.4 is 5.73 Å². The van der Waals surface area contributed by atoms with Crippen LogP contribution in [0.2, 0.25) is 0 Å². The second-order valence-electron chi connectivity index (χ2n) is 4.38. The molecule has 92 valence electrons. The summed E-state index contributed by atoms with van der Waals surface area (Å²) in [4.78, 5) is 24.0. The van der Waals surface area contributed by atoms with Gasteiger partial charge in [0, 0.05) is 19.5 Å². The lowest BCUT2D eigenvalue weighted by Crippen LogP contribution is -2.47. The molecule has 1 rings (SSSR count). The van der Waals surface area contributed by atoms with Gasteiger partial charge in [-0.2, -0.15) is 0 Å². The highest BCUT2D eigenvalue weighted by molar-refractivity contribution is 5.81. The van der Waals surface area contributed by atoms with Crippen molar-refractivity contribution in [3.05, 3.63) is 0 Å². The van der Waals surface area contributed by atoms with E-state index in [0.29, 0.717) is 19.5 Å². The predicted molar refractivity (Wildman–Crippen MR) is 59.8 cm³/mol. The summed E-state index contributed by atoms with van der Waals surface area (Å²) in [5.74, 6) is -0.550. The zero-order chi connectivity index (χ0) is 12.1. The van der Waals surface area contributed by atoms with Crippen molar-refractivity contribution in [2.75, 3.05) is 13.1 Å². The molecule has 5 heteroatoms. The van der Waals surface area contributed by atoms with E-state index in [1.807, 2.05) is 6.92 Å². The van der Waals surface area contributed by atoms with Crippen molar-refractivity contribution in [2.24, 2.45) is 11.7 Å². The number of amides is 1. The summed E-state index contributed by atoms with van der Waals surface area (Å²) in [6.45, 7) is 3.18. The van der Waals surface area contributed by atoms with Crippen molar-refractivity contribution in [2.45, 2.75) is 38.6 Å². The van der Waals surface area contributed by atoms with E-state index in [9.17, 15) is 9.59 Å². The molecule has 0 aromatic heterocycles. The maximum atomic E-state index is 11.7. The Morgan fingerprint density at radius 2 is 2.00 bits per heavy atom. The molecule has 5 nitrogen and oxygen atoms in total. The number of hydrogen-bond donors (Lipinski definition) is 2. The van der Waals surface area contributed by atoms with Crippen LogP contribution in [0, 0.1) is 5.92 Å². The normalized spacial score (nSPS) is 19.5. The molecular formula is C11H20N2O3. The number of carboxylic acids is 1. The first-order valence-electron chi connectivity index (χ1n) is 5.80. The fraction of sp³-hybridized carbons (Fsp3) is 0.818. The molecule has 1 atom stereocenters. The molecule has 0 unspecified atom stereocenters. The minimum atomic E-state index is -0.755. The van der Waals surface area contributed by atoms with Gasteiger partial charge in [-0.25, -0.2) is 0 Å². The van der Waals surface area contributed by atoms with E-state index in [4.69, 9.17) is 10.8 Å². The first-order valence-corrected chi connectivity index (χ1v) is 5.80. The topological polar surface area (TPSA) is 83.6 Å². The first kappa shape index (κ1) is 13.0. The highest BCUT2D eigenvalue weighted by Gasteiger charge is 2.26. The second kappa shape index (κ2) is 5.84. The molecule has 1 aliphatic rings. The molecule has 16 heavy (non-hydrogen) atoms. The average Bonchev–Trinajstić information content (AvgIpc) is 2.27. The summed E-state index contributed by atoms with van der Waals surface area (Å²) in [6, 6.07) is -0.406. The van der Waals surface area contributed by atoms with E-state index >= 15 is 0 Å². The monoisotopic (exact) mass is 228 g/mol. The molecule has 3 N–H and O–H groups in total. The molecular weight excluding hydrogens is 208 g/mol. The van der Waals surface area contributed by atoms with Gasteiger partial charge in [0.15, 0.2) is 0 Å². The van der Waals surface area contributed by atoms with E-state index in [1.54, 1.807) is 4.90 Å². The van der Waals surface area contributed by atoms with Crippen LogP contribution in [-0.4, -0.2) is 41.0 Å². The smallest absolute Gasteiger partial charge is 0.303 e. The Labute approximate surface area is 95.6 Å². The third kappa shape index (κ3) is 3.48. The zero-order valence-electron chi connectivity index (χ0n) is 9.69. The zero-order valence-corrected chi connectivity index (χ0v) is 9.69. The van der Waals surface area contributed by atoms with Gasteiger partial charge in [-0.05, 0) is 25.2 Å². The summed E-state index contributed by atoms with van der Waals surface area (Å²) >= 11 is 0. The summed E-state index contributed by atoms with van der Waals surface area (Å²) in [5.41, 5.74) is 5.68. The third-order valence-electron chi connectivity index (χ3n) is 3.15. The van der Waals surface area contributed by atoms with Crippen molar-refractivity contribution >= 4 is 11.9 Å². The number of likely N-dealkylation sites (tertiary alicyclic amines) is 1. The number of aliphatic carboxylic acids is 1. The minimum Gasteiger partial charge on any atom is -0.481 e. The fourth-order valence-electron chi connectivity index (χ4n) is 2.01. The first-order chi connectivity index (χ1) is 7.54. The van der Waals surface area contributed by atoms with Crippen LogP contribution in [0.5, 0.6) is 0 Å². The largest absolute Gasteiger partial charge is 0.481 e. The highest BCUT2D eigenvalue weighted by atomic mass is 16.4. The van der Waals surface area contributed by atoms with Gasteiger partial charge in [-0.3, -0.25) is 9.59 Å². The maximum Gasteiger partial charge on any atom is 0.303 e. The number of piperidine rings is 1. The van der Waals surface area contributed by atoms with E-state index in [0.717, 1.165) is 12.8 Å². The minimum absolute atomic E-state index is 0.00345. The Bertz CT molecular complexity index is 260. The molecule has 1 amide bonds. The van der Waals surface area contributed by atoms with Crippen LogP contribution >= 0.6 is 0 Å². The lowest BCUT2D eigenvalue weighted by atomic mass is 9.93. The Kier molecular flexibility index (Phi) is 4.73. The van der Waals surface area contributed by atoms with Crippen LogP contribution in [0.4, 0.5) is 0 Å². The Morgan fingerprint density at radius 3 is 2.44 bits per heavy atom. The van der Waals surface area contributed by atoms with Gasteiger partial charge in [0.2, 0.25) is 5.91 Å². The highest BCUT2D eigenvalue weighted by Crippen LogP contribution is 2.20. The standard InChI is InChI=1S/C11H20N2O3/c1-2-9(12)11(16)13-5-3-8(4-6-13)7-10(14)15/h8-9H,2-7,12H2,1H3,(H,14,15)/t9-/m1/s1. The molecule has 0 bridgehead atoms. The van der Waals surface area contributed by atoms with Crippen molar-refractivity contribution in [1.29, 1.82) is 0 Å². The number of carboxylic acid groups (broad SMARTS) is 1. The SMILES string of the molecule is CC[C@@H](N)C(=O)N1CCC(CC(=O)O)CC1. The van der Waals surface area contributed by atoms with Crippen molar-refractivity contribution in [3.63, 3.8) is 0 Å². The molecule has 0 radical (unpaired) electrons. The van der Waals surface area contributed by atoms with E-state index < -0.39 is 12.0 Å². The Balaban J connectivity index is 2.37. The van der Waals surface area contributed by atoms with Gasteiger partial charge >= 0.3 is 5.97 Å². The number of hydrogen-bond acceptors (Lipinski definition) is 3. The van der Waals surface area contributed by atoms with Gasteiger partial charge in [0.25, 0.3) is 0 Å². The maximum absolute atomic E-state index is 11.7. The molecule has 0 spiro atoms. The fourth-order valence-corrected chi connectivity index (χ4v) is 2.01. The van der Waals surface area contributed by atoms with E-state index in [1.165, 1.54) is 0 Å². The van der Waals surface area contributed by atoms with Gasteiger partial charge < -0.3 is 15.7 Å². The van der Waals surface area contributed by atoms with Crippen molar-refractivity contribution in [1.82, 2.24) is 4.90 Å². The molecule has 1 fully saturated rings. The van der Waals surface area contributed by atoms with Crippen LogP contribution in [-0.2, 0) is 9.59 Å². The van der Waals surface area contributed by atoms with Crippen molar-refractivity contribution in [3.8, 4) is 0 Å². The van der Waals surface area contributed by atoms with Crippen LogP contribution in [0.3, 0.4) is 0 Å². The molecule has 0 aromatic carbocycles. The lowest BCUT2D eigenvalue weighted by Gasteiger charge is -2.32. The summed E-state index contributed by atoms with van der Waals surface area (Å²) in [6.07, 6.45) is 2.40. The predicted octanol–water partition coefficient (Wildman–Crippen LogP) is 0.437. The summed E-state index contributed by atoms with van der Waals surface area (Å²) in [5, 5.41) is 8.67. The van der Waals surface area contributed by atoms with E-state index in [2.05, 4.69) is 0 Å². The lowest BCUT2D eigenvalue weighted by molar-refractivity contribution is -0.138. The average molecular weight is 228 g/mol.